The van der Waals surface area contributed by atoms with E-state index in [2.05, 4.69) is 19.2 Å². The van der Waals surface area contributed by atoms with Crippen LogP contribution in [0.25, 0.3) is 0 Å². The summed E-state index contributed by atoms with van der Waals surface area (Å²) < 4.78 is 5.27. The molecule has 0 saturated heterocycles. The highest BCUT2D eigenvalue weighted by atomic mass is 16.6. The first kappa shape index (κ1) is 17.3. The first-order valence-corrected chi connectivity index (χ1v) is 7.82. The van der Waals surface area contributed by atoms with Crippen molar-refractivity contribution < 1.29 is 19.4 Å². The van der Waals surface area contributed by atoms with Crippen LogP contribution in [0, 0.1) is 0 Å². The van der Waals surface area contributed by atoms with Gasteiger partial charge in [0.05, 0.1) is 0 Å². The molecular formula is C18H25NO4. The fourth-order valence-electron chi connectivity index (χ4n) is 3.10. The molecule has 1 aliphatic carbocycles. The normalized spacial score (nSPS) is 22.8. The molecule has 0 spiro atoms. The van der Waals surface area contributed by atoms with Gasteiger partial charge in [0.25, 0.3) is 0 Å². The average molecular weight is 319 g/mol. The summed E-state index contributed by atoms with van der Waals surface area (Å²) >= 11 is 0. The summed E-state index contributed by atoms with van der Waals surface area (Å²) in [6.45, 7) is 9.42. The van der Waals surface area contributed by atoms with Gasteiger partial charge in [-0.3, -0.25) is 0 Å². The minimum absolute atomic E-state index is 0.134. The predicted molar refractivity (Wildman–Crippen MR) is 87.4 cm³/mol. The van der Waals surface area contributed by atoms with Gasteiger partial charge in [0, 0.05) is 0 Å². The summed E-state index contributed by atoms with van der Waals surface area (Å²) in [5.74, 6) is -1.06. The third-order valence-electron chi connectivity index (χ3n) is 4.32. The highest BCUT2D eigenvalue weighted by molar-refractivity contribution is 5.87. The number of carboxylic acids is 1. The molecule has 1 aromatic rings. The third kappa shape index (κ3) is 3.33. The molecule has 1 atom stereocenters. The van der Waals surface area contributed by atoms with Crippen molar-refractivity contribution in [2.24, 2.45) is 0 Å². The Hall–Kier alpha value is -2.04. The summed E-state index contributed by atoms with van der Waals surface area (Å²) in [5.41, 5.74) is -0.684. The third-order valence-corrected chi connectivity index (χ3v) is 4.32. The maximum absolute atomic E-state index is 12.2. The molecule has 0 bridgehead atoms. The van der Waals surface area contributed by atoms with E-state index in [1.54, 1.807) is 32.9 Å². The molecule has 0 aliphatic heterocycles. The minimum atomic E-state index is -1.45. The van der Waals surface area contributed by atoms with Crippen LogP contribution in [0.2, 0.25) is 0 Å². The molecule has 0 radical (unpaired) electrons. The summed E-state index contributed by atoms with van der Waals surface area (Å²) in [6, 6.07) is 7.41. The predicted octanol–water partition coefficient (Wildman–Crippen LogP) is 3.56. The van der Waals surface area contributed by atoms with Crippen LogP contribution < -0.4 is 5.32 Å². The number of aliphatic carboxylic acids is 1. The Kier molecular flexibility index (Phi) is 4.18. The van der Waals surface area contributed by atoms with Gasteiger partial charge in [-0.2, -0.15) is 0 Å². The van der Waals surface area contributed by atoms with Gasteiger partial charge in [-0.25, -0.2) is 9.59 Å². The van der Waals surface area contributed by atoms with Crippen LogP contribution in [-0.2, 0) is 20.5 Å². The molecule has 2 N–H and O–H groups in total. The first-order valence-electron chi connectivity index (χ1n) is 7.82. The Morgan fingerprint density at radius 3 is 2.22 bits per heavy atom. The lowest BCUT2D eigenvalue weighted by molar-refractivity contribution is -0.146. The van der Waals surface area contributed by atoms with Crippen molar-refractivity contribution in [3.63, 3.8) is 0 Å². The molecule has 0 saturated carbocycles. The Bertz CT molecular complexity index is 630. The van der Waals surface area contributed by atoms with E-state index in [0.717, 1.165) is 5.56 Å². The number of carbonyl (C=O) groups is 2. The second-order valence-electron chi connectivity index (χ2n) is 7.77. The number of carbonyl (C=O) groups excluding carboxylic acids is 1. The summed E-state index contributed by atoms with van der Waals surface area (Å²) in [4.78, 5) is 24.3. The number of hydrogen-bond acceptors (Lipinski definition) is 3. The Morgan fingerprint density at radius 2 is 1.70 bits per heavy atom. The van der Waals surface area contributed by atoms with E-state index in [4.69, 9.17) is 4.74 Å². The van der Waals surface area contributed by atoms with Crippen LogP contribution in [0.1, 0.15) is 58.6 Å². The Morgan fingerprint density at radius 1 is 1.13 bits per heavy atom. The first-order chi connectivity index (χ1) is 10.5. The highest BCUT2D eigenvalue weighted by Gasteiger charge is 2.49. The number of fused-ring (bicyclic) bond motifs is 1. The zero-order valence-corrected chi connectivity index (χ0v) is 14.4. The number of amides is 1. The van der Waals surface area contributed by atoms with E-state index >= 15 is 0 Å². The van der Waals surface area contributed by atoms with Gasteiger partial charge < -0.3 is 15.2 Å². The van der Waals surface area contributed by atoms with Crippen molar-refractivity contribution in [2.45, 2.75) is 64.0 Å². The van der Waals surface area contributed by atoms with E-state index < -0.39 is 23.2 Å². The standard InChI is InChI=1S/C18H25NO4/c1-16(2,3)23-15(22)19-18(14(20)21)11-10-17(4,5)12-8-6-7-9-13(12)18/h6-9H,10-11H2,1-5H3,(H,19,22)(H,20,21). The van der Waals surface area contributed by atoms with E-state index in [0.29, 0.717) is 18.4 Å². The van der Waals surface area contributed by atoms with Crippen molar-refractivity contribution in [1.29, 1.82) is 0 Å². The minimum Gasteiger partial charge on any atom is -0.479 e. The van der Waals surface area contributed by atoms with Gasteiger partial charge in [0.2, 0.25) is 0 Å². The summed E-state index contributed by atoms with van der Waals surface area (Å²) in [7, 11) is 0. The number of ether oxygens (including phenoxy) is 1. The topological polar surface area (TPSA) is 75.6 Å². The van der Waals surface area contributed by atoms with Crippen molar-refractivity contribution in [3.05, 3.63) is 35.4 Å². The number of benzene rings is 1. The lowest BCUT2D eigenvalue weighted by Gasteiger charge is -2.43. The van der Waals surface area contributed by atoms with E-state index in [1.807, 2.05) is 12.1 Å². The fraction of sp³-hybridized carbons (Fsp3) is 0.556. The van der Waals surface area contributed by atoms with Crippen molar-refractivity contribution >= 4 is 12.1 Å². The number of rotatable bonds is 2. The van der Waals surface area contributed by atoms with Gasteiger partial charge in [-0.1, -0.05) is 38.1 Å². The summed E-state index contributed by atoms with van der Waals surface area (Å²) in [5, 5.41) is 12.5. The smallest absolute Gasteiger partial charge is 0.408 e. The second kappa shape index (κ2) is 5.55. The monoisotopic (exact) mass is 319 g/mol. The molecule has 1 unspecified atom stereocenters. The maximum Gasteiger partial charge on any atom is 0.408 e. The number of nitrogens with one attached hydrogen (secondary N) is 1. The molecule has 0 heterocycles. The zero-order chi connectivity index (χ0) is 17.5. The molecule has 126 valence electrons. The van der Waals surface area contributed by atoms with Gasteiger partial charge >= 0.3 is 12.1 Å². The van der Waals surface area contributed by atoms with Crippen LogP contribution >= 0.6 is 0 Å². The van der Waals surface area contributed by atoms with Crippen molar-refractivity contribution in [3.8, 4) is 0 Å². The molecule has 1 amide bonds. The van der Waals surface area contributed by atoms with E-state index in [1.165, 1.54) is 0 Å². The van der Waals surface area contributed by atoms with Gasteiger partial charge in [-0.05, 0) is 50.2 Å². The number of alkyl carbamates (subject to hydrolysis) is 1. The quantitative estimate of drug-likeness (QED) is 0.874. The number of hydrogen-bond donors (Lipinski definition) is 2. The Balaban J connectivity index is 2.47. The molecule has 2 rings (SSSR count). The molecule has 5 heteroatoms. The Labute approximate surface area is 137 Å². The zero-order valence-electron chi connectivity index (χ0n) is 14.4. The molecule has 0 fully saturated rings. The molecular weight excluding hydrogens is 294 g/mol. The van der Waals surface area contributed by atoms with Crippen LogP contribution in [-0.4, -0.2) is 22.8 Å². The van der Waals surface area contributed by atoms with Gasteiger partial charge in [0.15, 0.2) is 5.54 Å². The van der Waals surface area contributed by atoms with Crippen LogP contribution in [0.3, 0.4) is 0 Å². The second-order valence-corrected chi connectivity index (χ2v) is 7.77. The average Bonchev–Trinajstić information content (AvgIpc) is 2.40. The lowest BCUT2D eigenvalue weighted by Crippen LogP contribution is -2.56. The van der Waals surface area contributed by atoms with Gasteiger partial charge in [0.1, 0.15) is 5.60 Å². The van der Waals surface area contributed by atoms with E-state index in [9.17, 15) is 14.7 Å². The molecule has 5 nitrogen and oxygen atoms in total. The summed E-state index contributed by atoms with van der Waals surface area (Å²) in [6.07, 6.45) is 0.270. The van der Waals surface area contributed by atoms with Crippen molar-refractivity contribution in [2.75, 3.05) is 0 Å². The van der Waals surface area contributed by atoms with E-state index in [-0.39, 0.29) is 5.41 Å². The largest absolute Gasteiger partial charge is 0.479 e. The van der Waals surface area contributed by atoms with Crippen LogP contribution in [0.5, 0.6) is 0 Å². The maximum atomic E-state index is 12.2. The highest BCUT2D eigenvalue weighted by Crippen LogP contribution is 2.45. The molecule has 1 aliphatic rings. The van der Waals surface area contributed by atoms with Gasteiger partial charge in [-0.15, -0.1) is 0 Å². The number of carboxylic acid groups (broad SMARTS) is 1. The molecule has 0 aromatic heterocycles. The fourth-order valence-corrected chi connectivity index (χ4v) is 3.10. The SMILES string of the molecule is CC(C)(C)OC(=O)NC1(C(=O)O)CCC(C)(C)c2ccccc21. The molecule has 23 heavy (non-hydrogen) atoms. The van der Waals surface area contributed by atoms with Crippen LogP contribution in [0.15, 0.2) is 24.3 Å². The van der Waals surface area contributed by atoms with Crippen molar-refractivity contribution in [1.82, 2.24) is 5.32 Å². The lowest BCUT2D eigenvalue weighted by atomic mass is 9.65. The molecule has 1 aromatic carbocycles. The van der Waals surface area contributed by atoms with Crippen LogP contribution in [0.4, 0.5) is 4.79 Å².